The predicted molar refractivity (Wildman–Crippen MR) is 87.3 cm³/mol. The van der Waals surface area contributed by atoms with Gasteiger partial charge in [0.1, 0.15) is 11.5 Å². The van der Waals surface area contributed by atoms with Crippen LogP contribution in [-0.4, -0.2) is 5.91 Å². The average Bonchev–Trinajstić information content (AvgIpc) is 2.60. The minimum Gasteiger partial charge on any atom is -0.457 e. The molecule has 3 aromatic carbocycles. The Labute approximate surface area is 137 Å². The number of hydrogen-bond donors (Lipinski definition) is 1. The minimum atomic E-state index is -1.01. The summed E-state index contributed by atoms with van der Waals surface area (Å²) in [5.74, 6) is -1.12. The molecular weight excluding hydrogens is 312 g/mol. The summed E-state index contributed by atoms with van der Waals surface area (Å²) < 4.78 is 31.7. The molecule has 0 saturated carbocycles. The number of benzene rings is 3. The van der Waals surface area contributed by atoms with Crippen molar-refractivity contribution in [3.05, 3.63) is 90.0 Å². The number of anilines is 1. The standard InChI is InChI=1S/C19H13F2NO2/c20-17-11-8-14(12-18(17)21)22-19(23)13-6-9-16(10-7-13)24-15-4-2-1-3-5-15/h1-12H,(H,22,23). The Hall–Kier alpha value is -3.21. The van der Waals surface area contributed by atoms with Crippen molar-refractivity contribution in [2.24, 2.45) is 0 Å². The molecule has 0 atom stereocenters. The molecular formula is C19H13F2NO2. The van der Waals surface area contributed by atoms with Crippen LogP contribution in [0.15, 0.2) is 72.8 Å². The molecule has 0 heterocycles. The second-order valence-electron chi connectivity index (χ2n) is 5.02. The molecule has 0 aliphatic carbocycles. The molecule has 0 unspecified atom stereocenters. The first-order valence-corrected chi connectivity index (χ1v) is 7.21. The molecule has 0 spiro atoms. The smallest absolute Gasteiger partial charge is 0.255 e. The highest BCUT2D eigenvalue weighted by molar-refractivity contribution is 6.04. The van der Waals surface area contributed by atoms with Gasteiger partial charge in [-0.1, -0.05) is 18.2 Å². The number of hydrogen-bond acceptors (Lipinski definition) is 2. The number of ether oxygens (including phenoxy) is 1. The first-order valence-electron chi connectivity index (χ1n) is 7.21. The van der Waals surface area contributed by atoms with Gasteiger partial charge in [0.25, 0.3) is 5.91 Å². The first kappa shape index (κ1) is 15.7. The van der Waals surface area contributed by atoms with Crippen molar-refractivity contribution in [2.45, 2.75) is 0 Å². The molecule has 3 aromatic rings. The van der Waals surface area contributed by atoms with Crippen LogP contribution in [0.4, 0.5) is 14.5 Å². The van der Waals surface area contributed by atoms with Crippen LogP contribution in [0.3, 0.4) is 0 Å². The Balaban J connectivity index is 1.68. The van der Waals surface area contributed by atoms with Crippen molar-refractivity contribution < 1.29 is 18.3 Å². The zero-order valence-corrected chi connectivity index (χ0v) is 12.5. The summed E-state index contributed by atoms with van der Waals surface area (Å²) in [7, 11) is 0. The third-order valence-corrected chi connectivity index (χ3v) is 3.27. The zero-order chi connectivity index (χ0) is 16.9. The van der Waals surface area contributed by atoms with Crippen LogP contribution in [0.5, 0.6) is 11.5 Å². The third-order valence-electron chi connectivity index (χ3n) is 3.27. The van der Waals surface area contributed by atoms with Crippen molar-refractivity contribution in [3.63, 3.8) is 0 Å². The normalized spacial score (nSPS) is 10.2. The van der Waals surface area contributed by atoms with Gasteiger partial charge in [-0.05, 0) is 48.5 Å². The van der Waals surface area contributed by atoms with Crippen LogP contribution in [0, 0.1) is 11.6 Å². The molecule has 1 N–H and O–H groups in total. The van der Waals surface area contributed by atoms with Gasteiger partial charge in [0, 0.05) is 17.3 Å². The fourth-order valence-corrected chi connectivity index (χ4v) is 2.08. The number of para-hydroxylation sites is 1. The summed E-state index contributed by atoms with van der Waals surface area (Å²) in [5.41, 5.74) is 0.559. The van der Waals surface area contributed by atoms with Gasteiger partial charge in [-0.2, -0.15) is 0 Å². The maximum absolute atomic E-state index is 13.1. The van der Waals surface area contributed by atoms with E-state index in [2.05, 4.69) is 5.32 Å². The molecule has 0 saturated heterocycles. The van der Waals surface area contributed by atoms with E-state index in [0.29, 0.717) is 17.1 Å². The second-order valence-corrected chi connectivity index (χ2v) is 5.02. The highest BCUT2D eigenvalue weighted by Gasteiger charge is 2.09. The Morgan fingerprint density at radius 2 is 1.46 bits per heavy atom. The monoisotopic (exact) mass is 325 g/mol. The van der Waals surface area contributed by atoms with Crippen molar-refractivity contribution in [2.75, 3.05) is 5.32 Å². The molecule has 5 heteroatoms. The number of nitrogens with one attached hydrogen (secondary N) is 1. The molecule has 0 bridgehead atoms. The first-order chi connectivity index (χ1) is 11.6. The summed E-state index contributed by atoms with van der Waals surface area (Å²) >= 11 is 0. The van der Waals surface area contributed by atoms with Gasteiger partial charge >= 0.3 is 0 Å². The predicted octanol–water partition coefficient (Wildman–Crippen LogP) is 5.01. The minimum absolute atomic E-state index is 0.184. The van der Waals surface area contributed by atoms with E-state index in [4.69, 9.17) is 4.74 Å². The maximum Gasteiger partial charge on any atom is 0.255 e. The summed E-state index contributed by atoms with van der Waals surface area (Å²) in [4.78, 5) is 12.1. The van der Waals surface area contributed by atoms with Crippen LogP contribution in [0.2, 0.25) is 0 Å². The lowest BCUT2D eigenvalue weighted by atomic mass is 10.2. The van der Waals surface area contributed by atoms with E-state index >= 15 is 0 Å². The van der Waals surface area contributed by atoms with Crippen LogP contribution in [0.1, 0.15) is 10.4 Å². The van der Waals surface area contributed by atoms with Crippen LogP contribution in [-0.2, 0) is 0 Å². The van der Waals surface area contributed by atoms with E-state index in [0.717, 1.165) is 12.1 Å². The quantitative estimate of drug-likeness (QED) is 0.732. The summed E-state index contributed by atoms with van der Waals surface area (Å²) in [6.07, 6.45) is 0. The van der Waals surface area contributed by atoms with Gasteiger partial charge in [0.2, 0.25) is 0 Å². The van der Waals surface area contributed by atoms with E-state index in [1.165, 1.54) is 6.07 Å². The molecule has 0 aromatic heterocycles. The number of rotatable bonds is 4. The SMILES string of the molecule is O=C(Nc1ccc(F)c(F)c1)c1ccc(Oc2ccccc2)cc1. The highest BCUT2D eigenvalue weighted by Crippen LogP contribution is 2.21. The summed E-state index contributed by atoms with van der Waals surface area (Å²) in [5, 5.41) is 2.51. The Morgan fingerprint density at radius 1 is 0.792 bits per heavy atom. The van der Waals surface area contributed by atoms with E-state index in [1.54, 1.807) is 24.3 Å². The van der Waals surface area contributed by atoms with Gasteiger partial charge in [-0.15, -0.1) is 0 Å². The Kier molecular flexibility index (Phi) is 4.52. The molecule has 24 heavy (non-hydrogen) atoms. The van der Waals surface area contributed by atoms with Crippen molar-refractivity contribution in [1.82, 2.24) is 0 Å². The molecule has 0 fully saturated rings. The maximum atomic E-state index is 13.1. The van der Waals surface area contributed by atoms with Crippen molar-refractivity contribution in [3.8, 4) is 11.5 Å². The second kappa shape index (κ2) is 6.91. The van der Waals surface area contributed by atoms with E-state index in [-0.39, 0.29) is 5.69 Å². The molecule has 1 amide bonds. The summed E-state index contributed by atoms with van der Waals surface area (Å²) in [6, 6.07) is 18.9. The number of amides is 1. The number of halogens is 2. The molecule has 120 valence electrons. The molecule has 3 rings (SSSR count). The number of carbonyl (C=O) groups is 1. The van der Waals surface area contributed by atoms with E-state index in [1.807, 2.05) is 30.3 Å². The molecule has 0 aliphatic heterocycles. The average molecular weight is 325 g/mol. The van der Waals surface area contributed by atoms with E-state index in [9.17, 15) is 13.6 Å². The van der Waals surface area contributed by atoms with Crippen molar-refractivity contribution in [1.29, 1.82) is 0 Å². The van der Waals surface area contributed by atoms with Crippen molar-refractivity contribution >= 4 is 11.6 Å². The largest absolute Gasteiger partial charge is 0.457 e. The fraction of sp³-hybridized carbons (Fsp3) is 0. The van der Waals surface area contributed by atoms with Crippen LogP contribution in [0.25, 0.3) is 0 Å². The van der Waals surface area contributed by atoms with E-state index < -0.39 is 17.5 Å². The van der Waals surface area contributed by atoms with Gasteiger partial charge in [-0.3, -0.25) is 4.79 Å². The highest BCUT2D eigenvalue weighted by atomic mass is 19.2. The Bertz CT molecular complexity index is 849. The van der Waals surface area contributed by atoms with Crippen LogP contribution < -0.4 is 10.1 Å². The summed E-state index contributed by atoms with van der Waals surface area (Å²) in [6.45, 7) is 0. The lowest BCUT2D eigenvalue weighted by Crippen LogP contribution is -2.12. The van der Waals surface area contributed by atoms with Gasteiger partial charge in [-0.25, -0.2) is 8.78 Å². The fourth-order valence-electron chi connectivity index (χ4n) is 2.08. The van der Waals surface area contributed by atoms with Crippen LogP contribution >= 0.6 is 0 Å². The lowest BCUT2D eigenvalue weighted by molar-refractivity contribution is 0.102. The van der Waals surface area contributed by atoms with Gasteiger partial charge in [0.15, 0.2) is 11.6 Å². The lowest BCUT2D eigenvalue weighted by Gasteiger charge is -2.08. The molecule has 3 nitrogen and oxygen atoms in total. The molecule has 0 aliphatic rings. The third kappa shape index (κ3) is 3.76. The Morgan fingerprint density at radius 3 is 2.12 bits per heavy atom. The number of carbonyl (C=O) groups excluding carboxylic acids is 1. The topological polar surface area (TPSA) is 38.3 Å². The molecule has 0 radical (unpaired) electrons. The van der Waals surface area contributed by atoms with Gasteiger partial charge < -0.3 is 10.1 Å². The zero-order valence-electron chi connectivity index (χ0n) is 12.5. The van der Waals surface area contributed by atoms with Gasteiger partial charge in [0.05, 0.1) is 0 Å².